The zero-order chi connectivity index (χ0) is 24.2. The minimum absolute atomic E-state index is 0.0721. The van der Waals surface area contributed by atoms with Crippen molar-refractivity contribution in [3.05, 3.63) is 88.3 Å². The van der Waals surface area contributed by atoms with Crippen molar-refractivity contribution in [2.45, 2.75) is 64.9 Å². The number of allylic oxidation sites excluding steroid dienone is 3. The average Bonchev–Trinajstić information content (AvgIpc) is 2.84. The predicted molar refractivity (Wildman–Crippen MR) is 132 cm³/mol. The number of hydrogen-bond donors (Lipinski definition) is 1. The van der Waals surface area contributed by atoms with Gasteiger partial charge in [0.25, 0.3) is 0 Å². The molecule has 0 fully saturated rings. The van der Waals surface area contributed by atoms with Gasteiger partial charge in [-0.2, -0.15) is 0 Å². The van der Waals surface area contributed by atoms with Gasteiger partial charge in [-0.25, -0.2) is 4.79 Å². The highest BCUT2D eigenvalue weighted by Crippen LogP contribution is 2.46. The molecule has 0 aromatic heterocycles. The van der Waals surface area contributed by atoms with E-state index in [9.17, 15) is 9.59 Å². The van der Waals surface area contributed by atoms with Gasteiger partial charge in [-0.15, -0.1) is 0 Å². The standard InChI is InChI=1S/C29H33NO4/c1-5-18(3)34-29(32)26-19(4)30-24-16-22(20-10-8-7-9-11-20)17-25(31)28(24)27(26)21-12-14-23(15-13-21)33-6-2/h7-15,18,22,27,30H,5-6,16-17H2,1-4H3/t18-,22+,27-/m0/s1. The van der Waals surface area contributed by atoms with E-state index in [0.717, 1.165) is 41.1 Å². The van der Waals surface area contributed by atoms with E-state index in [0.29, 0.717) is 24.2 Å². The summed E-state index contributed by atoms with van der Waals surface area (Å²) in [5.41, 5.74) is 4.88. The number of hydrogen-bond acceptors (Lipinski definition) is 5. The van der Waals surface area contributed by atoms with E-state index < -0.39 is 5.92 Å². The summed E-state index contributed by atoms with van der Waals surface area (Å²) in [5, 5.41) is 3.42. The van der Waals surface area contributed by atoms with E-state index in [1.807, 2.05) is 70.2 Å². The van der Waals surface area contributed by atoms with Gasteiger partial charge in [0.1, 0.15) is 5.75 Å². The molecule has 0 saturated carbocycles. The molecule has 2 aromatic carbocycles. The minimum atomic E-state index is -0.465. The largest absolute Gasteiger partial charge is 0.494 e. The molecule has 3 atom stereocenters. The van der Waals surface area contributed by atoms with Gasteiger partial charge in [-0.05, 0) is 62.8 Å². The van der Waals surface area contributed by atoms with Crippen LogP contribution in [-0.2, 0) is 14.3 Å². The highest BCUT2D eigenvalue weighted by Gasteiger charge is 2.41. The van der Waals surface area contributed by atoms with Crippen LogP contribution in [-0.4, -0.2) is 24.5 Å². The van der Waals surface area contributed by atoms with Gasteiger partial charge in [0.15, 0.2) is 5.78 Å². The molecule has 2 aliphatic rings. The number of carbonyl (C=O) groups is 2. The van der Waals surface area contributed by atoms with Crippen molar-refractivity contribution in [3.8, 4) is 5.75 Å². The molecule has 5 nitrogen and oxygen atoms in total. The van der Waals surface area contributed by atoms with Gasteiger partial charge in [0, 0.05) is 29.3 Å². The Morgan fingerprint density at radius 1 is 1.03 bits per heavy atom. The third kappa shape index (κ3) is 4.79. The summed E-state index contributed by atoms with van der Waals surface area (Å²) >= 11 is 0. The Hall–Kier alpha value is -3.34. The second-order valence-electron chi connectivity index (χ2n) is 9.05. The smallest absolute Gasteiger partial charge is 0.337 e. The molecular weight excluding hydrogens is 426 g/mol. The first-order chi connectivity index (χ1) is 16.4. The van der Waals surface area contributed by atoms with Crippen molar-refractivity contribution >= 4 is 11.8 Å². The van der Waals surface area contributed by atoms with Crippen molar-refractivity contribution in [1.29, 1.82) is 0 Å². The second kappa shape index (κ2) is 10.3. The van der Waals surface area contributed by atoms with Crippen molar-refractivity contribution in [1.82, 2.24) is 5.32 Å². The Morgan fingerprint density at radius 3 is 2.38 bits per heavy atom. The lowest BCUT2D eigenvalue weighted by Gasteiger charge is -2.37. The summed E-state index contributed by atoms with van der Waals surface area (Å²) in [6, 6.07) is 17.9. The van der Waals surface area contributed by atoms with Gasteiger partial charge in [-0.1, -0.05) is 49.4 Å². The fraction of sp³-hybridized carbons (Fsp3) is 0.379. The van der Waals surface area contributed by atoms with Gasteiger partial charge >= 0.3 is 5.97 Å². The molecule has 1 N–H and O–H groups in total. The van der Waals surface area contributed by atoms with Gasteiger partial charge in [-0.3, -0.25) is 4.79 Å². The maximum Gasteiger partial charge on any atom is 0.337 e. The number of esters is 1. The number of ether oxygens (including phenoxy) is 2. The van der Waals surface area contributed by atoms with Crippen molar-refractivity contribution in [3.63, 3.8) is 0 Å². The van der Waals surface area contributed by atoms with Crippen LogP contribution in [0.25, 0.3) is 0 Å². The Balaban J connectivity index is 1.76. The van der Waals surface area contributed by atoms with E-state index in [-0.39, 0.29) is 23.8 Å². The first-order valence-electron chi connectivity index (χ1n) is 12.2. The third-order valence-electron chi connectivity index (χ3n) is 6.73. The van der Waals surface area contributed by atoms with Crippen molar-refractivity contribution < 1.29 is 19.1 Å². The van der Waals surface area contributed by atoms with Crippen LogP contribution in [0.5, 0.6) is 5.75 Å². The lowest BCUT2D eigenvalue weighted by molar-refractivity contribution is -0.144. The van der Waals surface area contributed by atoms with Crippen LogP contribution in [0.4, 0.5) is 0 Å². The monoisotopic (exact) mass is 459 g/mol. The summed E-state index contributed by atoms with van der Waals surface area (Å²) in [6.07, 6.45) is 1.67. The van der Waals surface area contributed by atoms with Gasteiger partial charge < -0.3 is 14.8 Å². The maximum absolute atomic E-state index is 13.6. The molecule has 0 amide bonds. The number of nitrogens with one attached hydrogen (secondary N) is 1. The lowest BCUT2D eigenvalue weighted by Crippen LogP contribution is -2.36. The van der Waals surface area contributed by atoms with E-state index in [2.05, 4.69) is 17.4 Å². The molecule has 5 heteroatoms. The SMILES string of the molecule is CCOc1ccc([C@H]2C(C(=O)O[C@@H](C)CC)=C(C)NC3=C2C(=O)C[C@H](c2ccccc2)C3)cc1. The molecule has 2 aromatic rings. The van der Waals surface area contributed by atoms with Crippen LogP contribution in [0.2, 0.25) is 0 Å². The first-order valence-corrected chi connectivity index (χ1v) is 12.2. The highest BCUT2D eigenvalue weighted by molar-refractivity contribution is 6.04. The Bertz CT molecular complexity index is 1110. The minimum Gasteiger partial charge on any atom is -0.494 e. The van der Waals surface area contributed by atoms with Crippen LogP contribution in [0.15, 0.2) is 77.1 Å². The number of Topliss-reactive ketones (excluding diaryl/α,β-unsaturated/α-hetero) is 1. The topological polar surface area (TPSA) is 64.6 Å². The summed E-state index contributed by atoms with van der Waals surface area (Å²) in [4.78, 5) is 26.9. The molecular formula is C29H33NO4. The summed E-state index contributed by atoms with van der Waals surface area (Å²) in [5.74, 6) is 0.110. The second-order valence-corrected chi connectivity index (χ2v) is 9.05. The molecule has 34 heavy (non-hydrogen) atoms. The maximum atomic E-state index is 13.6. The lowest BCUT2D eigenvalue weighted by atomic mass is 9.71. The van der Waals surface area contributed by atoms with Crippen LogP contribution >= 0.6 is 0 Å². The summed E-state index contributed by atoms with van der Waals surface area (Å²) < 4.78 is 11.3. The van der Waals surface area contributed by atoms with E-state index >= 15 is 0 Å². The average molecular weight is 460 g/mol. The molecule has 1 aliphatic carbocycles. The number of ketones is 1. The molecule has 1 heterocycles. The fourth-order valence-corrected chi connectivity index (χ4v) is 4.86. The Kier molecular flexibility index (Phi) is 7.20. The van der Waals surface area contributed by atoms with Crippen LogP contribution in [0, 0.1) is 0 Å². The first kappa shape index (κ1) is 23.8. The number of carbonyl (C=O) groups excluding carboxylic acids is 2. The van der Waals surface area contributed by atoms with Crippen LogP contribution in [0.1, 0.15) is 69.9 Å². The van der Waals surface area contributed by atoms with E-state index in [4.69, 9.17) is 9.47 Å². The number of dihydropyridines is 1. The number of rotatable bonds is 7. The fourth-order valence-electron chi connectivity index (χ4n) is 4.86. The Labute approximate surface area is 201 Å². The molecule has 178 valence electrons. The normalized spacial score (nSPS) is 21.0. The molecule has 0 bridgehead atoms. The van der Waals surface area contributed by atoms with Crippen LogP contribution < -0.4 is 10.1 Å². The molecule has 0 spiro atoms. The number of benzene rings is 2. The molecule has 1 aliphatic heterocycles. The van der Waals surface area contributed by atoms with E-state index in [1.54, 1.807) is 0 Å². The predicted octanol–water partition coefficient (Wildman–Crippen LogP) is 5.79. The molecule has 0 radical (unpaired) electrons. The van der Waals surface area contributed by atoms with Crippen LogP contribution in [0.3, 0.4) is 0 Å². The molecule has 0 saturated heterocycles. The summed E-state index contributed by atoms with van der Waals surface area (Å²) in [6.45, 7) is 8.28. The third-order valence-corrected chi connectivity index (χ3v) is 6.73. The molecule has 4 rings (SSSR count). The Morgan fingerprint density at radius 2 is 1.74 bits per heavy atom. The highest BCUT2D eigenvalue weighted by atomic mass is 16.5. The summed E-state index contributed by atoms with van der Waals surface area (Å²) in [7, 11) is 0. The van der Waals surface area contributed by atoms with Crippen molar-refractivity contribution in [2.24, 2.45) is 0 Å². The zero-order valence-electron chi connectivity index (χ0n) is 20.4. The van der Waals surface area contributed by atoms with Crippen molar-refractivity contribution in [2.75, 3.05) is 6.61 Å². The zero-order valence-corrected chi connectivity index (χ0v) is 20.4. The van der Waals surface area contributed by atoms with Gasteiger partial charge in [0.2, 0.25) is 0 Å². The quantitative estimate of drug-likeness (QED) is 0.531. The van der Waals surface area contributed by atoms with E-state index in [1.165, 1.54) is 0 Å². The molecule has 0 unspecified atom stereocenters. The van der Waals surface area contributed by atoms with Gasteiger partial charge in [0.05, 0.1) is 18.3 Å².